The average Bonchev–Trinajstić information content (AvgIpc) is 3.23. The van der Waals surface area contributed by atoms with Crippen molar-refractivity contribution in [2.45, 2.75) is 45.1 Å². The van der Waals surface area contributed by atoms with Gasteiger partial charge in [0, 0.05) is 50.7 Å². The Hall–Kier alpha value is -2.90. The third kappa shape index (κ3) is 4.26. The molecule has 2 aromatic rings. The molecule has 0 aliphatic carbocycles. The Labute approximate surface area is 170 Å². The summed E-state index contributed by atoms with van der Waals surface area (Å²) in [5, 5.41) is 11.6. The van der Waals surface area contributed by atoms with Crippen LogP contribution in [0.3, 0.4) is 0 Å². The van der Waals surface area contributed by atoms with Crippen LogP contribution in [0.15, 0.2) is 24.3 Å². The van der Waals surface area contributed by atoms with Gasteiger partial charge in [0.15, 0.2) is 0 Å². The van der Waals surface area contributed by atoms with Crippen molar-refractivity contribution < 1.29 is 14.3 Å². The molecule has 0 saturated carbocycles. The van der Waals surface area contributed by atoms with Crippen molar-refractivity contribution in [2.75, 3.05) is 25.1 Å². The maximum Gasteiger partial charge on any atom is 0.227 e. The van der Waals surface area contributed by atoms with E-state index in [1.54, 1.807) is 12.0 Å². The minimum atomic E-state index is -0.343. The van der Waals surface area contributed by atoms with Crippen LogP contribution in [0.25, 0.3) is 0 Å². The molecule has 1 fully saturated rings. The maximum absolute atomic E-state index is 12.6. The van der Waals surface area contributed by atoms with E-state index < -0.39 is 0 Å². The van der Waals surface area contributed by atoms with E-state index in [9.17, 15) is 9.59 Å². The monoisotopic (exact) mass is 397 g/mol. The first-order chi connectivity index (χ1) is 14.2. The molecular formula is C21H27N5O3. The topological polar surface area (TPSA) is 89.3 Å². The molecule has 2 aliphatic rings. The molecule has 8 nitrogen and oxygen atoms in total. The fourth-order valence-electron chi connectivity index (χ4n) is 4.08. The number of carbonyl (C=O) groups is 2. The van der Waals surface area contributed by atoms with Crippen LogP contribution < -0.4 is 15.0 Å². The number of fused-ring (bicyclic) bond motifs is 1. The molecule has 4 rings (SSSR count). The van der Waals surface area contributed by atoms with Gasteiger partial charge in [0.05, 0.1) is 13.0 Å². The molecular weight excluding hydrogens is 370 g/mol. The largest absolute Gasteiger partial charge is 0.497 e. The van der Waals surface area contributed by atoms with Gasteiger partial charge in [0.2, 0.25) is 11.8 Å². The second-order valence-electron chi connectivity index (χ2n) is 7.64. The first kappa shape index (κ1) is 19.4. The summed E-state index contributed by atoms with van der Waals surface area (Å²) >= 11 is 0. The molecule has 0 radical (unpaired) electrons. The van der Waals surface area contributed by atoms with Crippen LogP contribution in [0, 0.1) is 5.92 Å². The van der Waals surface area contributed by atoms with Crippen LogP contribution in [-0.2, 0) is 29.0 Å². The molecule has 2 aliphatic heterocycles. The minimum Gasteiger partial charge on any atom is -0.497 e. The van der Waals surface area contributed by atoms with Crippen molar-refractivity contribution in [3.8, 4) is 5.75 Å². The standard InChI is InChI=1S/C21H27N5O3/c1-29-17-7-5-6-16(13-17)26-14-15(12-20(26)27)21(28)22-10-9-19-24-23-18-8-3-2-4-11-25(18)19/h5-7,13,15H,2-4,8-12,14H2,1H3,(H,22,28). The second-order valence-corrected chi connectivity index (χ2v) is 7.64. The fourth-order valence-corrected chi connectivity index (χ4v) is 4.08. The van der Waals surface area contributed by atoms with E-state index in [4.69, 9.17) is 4.74 Å². The quantitative estimate of drug-likeness (QED) is 0.802. The summed E-state index contributed by atoms with van der Waals surface area (Å²) in [5.41, 5.74) is 0.760. The Bertz CT molecular complexity index is 894. The lowest BCUT2D eigenvalue weighted by Gasteiger charge is -2.17. The number of nitrogens with zero attached hydrogens (tertiary/aromatic N) is 4. The zero-order valence-corrected chi connectivity index (χ0v) is 16.8. The Morgan fingerprint density at radius 1 is 1.28 bits per heavy atom. The second kappa shape index (κ2) is 8.63. The van der Waals surface area contributed by atoms with Gasteiger partial charge in [-0.15, -0.1) is 10.2 Å². The van der Waals surface area contributed by atoms with Crippen molar-refractivity contribution in [3.05, 3.63) is 35.9 Å². The SMILES string of the molecule is COc1cccc(N2CC(C(=O)NCCc3nnc4n3CCCCC4)CC2=O)c1. The van der Waals surface area contributed by atoms with E-state index >= 15 is 0 Å². The molecule has 2 amide bonds. The molecule has 1 N–H and O–H groups in total. The molecule has 1 atom stereocenters. The number of nitrogens with one attached hydrogen (secondary N) is 1. The normalized spacial score (nSPS) is 19.0. The van der Waals surface area contributed by atoms with Crippen molar-refractivity contribution in [1.29, 1.82) is 0 Å². The van der Waals surface area contributed by atoms with E-state index in [-0.39, 0.29) is 24.2 Å². The fraction of sp³-hybridized carbons (Fsp3) is 0.524. The number of aromatic nitrogens is 3. The molecule has 0 bridgehead atoms. The van der Waals surface area contributed by atoms with Crippen molar-refractivity contribution in [1.82, 2.24) is 20.1 Å². The first-order valence-electron chi connectivity index (χ1n) is 10.3. The Balaban J connectivity index is 1.31. The molecule has 1 aromatic heterocycles. The van der Waals surface area contributed by atoms with E-state index in [1.165, 1.54) is 6.42 Å². The lowest BCUT2D eigenvalue weighted by Crippen LogP contribution is -2.34. The van der Waals surface area contributed by atoms with Gasteiger partial charge >= 0.3 is 0 Å². The van der Waals surface area contributed by atoms with Gasteiger partial charge in [-0.05, 0) is 25.0 Å². The number of hydrogen-bond acceptors (Lipinski definition) is 5. The number of aryl methyl sites for hydroxylation is 1. The smallest absolute Gasteiger partial charge is 0.227 e. The van der Waals surface area contributed by atoms with Gasteiger partial charge in [-0.1, -0.05) is 12.5 Å². The van der Waals surface area contributed by atoms with Crippen LogP contribution >= 0.6 is 0 Å². The maximum atomic E-state index is 12.6. The number of amides is 2. The number of carbonyl (C=O) groups excluding carboxylic acids is 2. The summed E-state index contributed by atoms with van der Waals surface area (Å²) < 4.78 is 7.43. The van der Waals surface area contributed by atoms with Crippen LogP contribution in [0.2, 0.25) is 0 Å². The summed E-state index contributed by atoms with van der Waals surface area (Å²) in [6.07, 6.45) is 5.38. The number of anilines is 1. The van der Waals surface area contributed by atoms with Gasteiger partial charge in [-0.2, -0.15) is 0 Å². The Morgan fingerprint density at radius 2 is 2.17 bits per heavy atom. The number of benzene rings is 1. The van der Waals surface area contributed by atoms with E-state index in [0.29, 0.717) is 25.3 Å². The highest BCUT2D eigenvalue weighted by Gasteiger charge is 2.35. The molecule has 1 aromatic carbocycles. The predicted octanol–water partition coefficient (Wildman–Crippen LogP) is 1.72. The van der Waals surface area contributed by atoms with Gasteiger partial charge in [0.25, 0.3) is 0 Å². The predicted molar refractivity (Wildman–Crippen MR) is 108 cm³/mol. The van der Waals surface area contributed by atoms with Crippen LogP contribution in [-0.4, -0.2) is 46.8 Å². The molecule has 29 heavy (non-hydrogen) atoms. The van der Waals surface area contributed by atoms with Gasteiger partial charge < -0.3 is 19.5 Å². The highest BCUT2D eigenvalue weighted by molar-refractivity contribution is 6.00. The molecule has 0 spiro atoms. The third-order valence-corrected chi connectivity index (χ3v) is 5.69. The number of hydrogen-bond donors (Lipinski definition) is 1. The molecule has 1 unspecified atom stereocenters. The van der Waals surface area contributed by atoms with Crippen LogP contribution in [0.5, 0.6) is 5.75 Å². The summed E-state index contributed by atoms with van der Waals surface area (Å²) in [6, 6.07) is 7.35. The van der Waals surface area contributed by atoms with Crippen molar-refractivity contribution in [2.24, 2.45) is 5.92 Å². The minimum absolute atomic E-state index is 0.0406. The van der Waals surface area contributed by atoms with Crippen LogP contribution in [0.1, 0.15) is 37.3 Å². The third-order valence-electron chi connectivity index (χ3n) is 5.69. The molecule has 1 saturated heterocycles. The molecule has 8 heteroatoms. The zero-order valence-electron chi connectivity index (χ0n) is 16.8. The number of methoxy groups -OCH3 is 1. The molecule has 3 heterocycles. The highest BCUT2D eigenvalue weighted by atomic mass is 16.5. The van der Waals surface area contributed by atoms with Crippen molar-refractivity contribution in [3.63, 3.8) is 0 Å². The number of rotatable bonds is 6. The van der Waals surface area contributed by atoms with E-state index in [0.717, 1.165) is 43.1 Å². The van der Waals surface area contributed by atoms with Gasteiger partial charge in [-0.3, -0.25) is 9.59 Å². The number of ether oxygens (including phenoxy) is 1. The Morgan fingerprint density at radius 3 is 3.03 bits per heavy atom. The van der Waals surface area contributed by atoms with E-state index in [2.05, 4.69) is 20.1 Å². The van der Waals surface area contributed by atoms with Gasteiger partial charge in [-0.25, -0.2) is 0 Å². The van der Waals surface area contributed by atoms with Crippen LogP contribution in [0.4, 0.5) is 5.69 Å². The van der Waals surface area contributed by atoms with Crippen molar-refractivity contribution >= 4 is 17.5 Å². The zero-order chi connectivity index (χ0) is 20.2. The molecule has 154 valence electrons. The summed E-state index contributed by atoms with van der Waals surface area (Å²) in [7, 11) is 1.59. The average molecular weight is 397 g/mol. The lowest BCUT2D eigenvalue weighted by atomic mass is 10.1. The Kier molecular flexibility index (Phi) is 5.78. The van der Waals surface area contributed by atoms with E-state index in [1.807, 2.05) is 24.3 Å². The summed E-state index contributed by atoms with van der Waals surface area (Å²) in [5.74, 6) is 2.21. The lowest BCUT2D eigenvalue weighted by molar-refractivity contribution is -0.126. The van der Waals surface area contributed by atoms with Gasteiger partial charge in [0.1, 0.15) is 17.4 Å². The summed E-state index contributed by atoms with van der Waals surface area (Å²) in [4.78, 5) is 26.7. The summed E-state index contributed by atoms with van der Waals surface area (Å²) in [6.45, 7) is 1.84. The first-order valence-corrected chi connectivity index (χ1v) is 10.3. The highest BCUT2D eigenvalue weighted by Crippen LogP contribution is 2.28.